The molecule has 0 saturated carbocycles. The Morgan fingerprint density at radius 3 is 2.45 bits per heavy atom. The molecule has 0 radical (unpaired) electrons. The molecule has 3 heterocycles. The van der Waals surface area contributed by atoms with Crippen molar-refractivity contribution in [1.29, 1.82) is 0 Å². The number of nitrogens with one attached hydrogen (secondary N) is 1. The van der Waals surface area contributed by atoms with E-state index in [9.17, 15) is 0 Å². The third-order valence-electron chi connectivity index (χ3n) is 7.49. The van der Waals surface area contributed by atoms with Gasteiger partial charge < -0.3 is 15.1 Å². The van der Waals surface area contributed by atoms with E-state index in [4.69, 9.17) is 0 Å². The van der Waals surface area contributed by atoms with Crippen molar-refractivity contribution in [2.24, 2.45) is 4.99 Å². The Hall–Kier alpha value is -1.59. The summed E-state index contributed by atoms with van der Waals surface area (Å²) >= 11 is 0. The van der Waals surface area contributed by atoms with Gasteiger partial charge in [0, 0.05) is 38.1 Å². The van der Waals surface area contributed by atoms with Crippen molar-refractivity contribution < 1.29 is 0 Å². The molecule has 3 fully saturated rings. The first kappa shape index (κ1) is 20.7. The highest BCUT2D eigenvalue weighted by molar-refractivity contribution is 5.80. The van der Waals surface area contributed by atoms with Crippen LogP contribution in [0.4, 0.5) is 0 Å². The lowest BCUT2D eigenvalue weighted by Crippen LogP contribution is -2.62. The third kappa shape index (κ3) is 4.77. The first-order valence-electron chi connectivity index (χ1n) is 11.6. The van der Waals surface area contributed by atoms with Crippen molar-refractivity contribution in [2.45, 2.75) is 50.0 Å². The highest BCUT2D eigenvalue weighted by Gasteiger charge is 2.40. The van der Waals surface area contributed by atoms with Crippen LogP contribution in [0, 0.1) is 0 Å². The number of aliphatic imine (C=N–C) groups is 1. The highest BCUT2D eigenvalue weighted by Crippen LogP contribution is 2.31. The maximum atomic E-state index is 4.68. The fourth-order valence-corrected chi connectivity index (χ4v) is 5.53. The second-order valence-electron chi connectivity index (χ2n) is 9.32. The van der Waals surface area contributed by atoms with Gasteiger partial charge in [0.25, 0.3) is 0 Å². The summed E-state index contributed by atoms with van der Waals surface area (Å²) in [4.78, 5) is 12.4. The Morgan fingerprint density at radius 1 is 1.03 bits per heavy atom. The maximum Gasteiger partial charge on any atom is 0.193 e. The molecule has 0 spiro atoms. The Bertz CT molecular complexity index is 659. The van der Waals surface area contributed by atoms with Gasteiger partial charge in [-0.15, -0.1) is 0 Å². The summed E-state index contributed by atoms with van der Waals surface area (Å²) in [5.41, 5.74) is 1.76. The number of rotatable bonds is 4. The predicted molar refractivity (Wildman–Crippen MR) is 122 cm³/mol. The molecule has 0 aliphatic carbocycles. The zero-order valence-electron chi connectivity index (χ0n) is 18.4. The van der Waals surface area contributed by atoms with E-state index >= 15 is 0 Å². The van der Waals surface area contributed by atoms with E-state index in [0.717, 1.165) is 25.6 Å². The molecule has 5 heteroatoms. The molecule has 1 N–H and O–H groups in total. The van der Waals surface area contributed by atoms with Crippen LogP contribution < -0.4 is 5.32 Å². The van der Waals surface area contributed by atoms with Gasteiger partial charge in [-0.1, -0.05) is 36.8 Å². The summed E-state index contributed by atoms with van der Waals surface area (Å²) in [6, 6.07) is 11.0. The van der Waals surface area contributed by atoms with E-state index in [1.54, 1.807) is 0 Å². The third-order valence-corrected chi connectivity index (χ3v) is 7.49. The number of piperidine rings is 2. The van der Waals surface area contributed by atoms with Crippen LogP contribution in [0.15, 0.2) is 35.3 Å². The van der Waals surface area contributed by atoms with Crippen molar-refractivity contribution in [3.8, 4) is 0 Å². The van der Waals surface area contributed by atoms with E-state index in [-0.39, 0.29) is 0 Å². The molecule has 160 valence electrons. The molecule has 3 aliphatic heterocycles. The fourth-order valence-electron chi connectivity index (χ4n) is 5.53. The van der Waals surface area contributed by atoms with E-state index in [1.165, 1.54) is 70.3 Å². The molecule has 3 aliphatic rings. The summed E-state index contributed by atoms with van der Waals surface area (Å²) < 4.78 is 0. The quantitative estimate of drug-likeness (QED) is 0.626. The lowest BCUT2D eigenvalue weighted by atomic mass is 9.84. The topological polar surface area (TPSA) is 34.1 Å². The number of hydrogen-bond acceptors (Lipinski definition) is 3. The average molecular weight is 398 g/mol. The smallest absolute Gasteiger partial charge is 0.193 e. The molecule has 1 aromatic rings. The van der Waals surface area contributed by atoms with Crippen molar-refractivity contribution >= 4 is 5.96 Å². The van der Waals surface area contributed by atoms with Crippen LogP contribution in [0.25, 0.3) is 0 Å². The maximum absolute atomic E-state index is 4.68. The number of benzene rings is 1. The molecule has 0 amide bonds. The molecular formula is C24H39N5. The summed E-state index contributed by atoms with van der Waals surface area (Å²) in [5.74, 6) is 1.72. The minimum atomic E-state index is 0.293. The first-order valence-corrected chi connectivity index (χ1v) is 11.6. The zero-order chi connectivity index (χ0) is 20.1. The molecule has 0 bridgehead atoms. The molecule has 1 aromatic carbocycles. The van der Waals surface area contributed by atoms with Gasteiger partial charge in [-0.05, 0) is 70.9 Å². The Morgan fingerprint density at radius 2 is 1.76 bits per heavy atom. The van der Waals surface area contributed by atoms with Gasteiger partial charge in [0.15, 0.2) is 5.96 Å². The second kappa shape index (κ2) is 9.48. The van der Waals surface area contributed by atoms with Crippen molar-refractivity contribution in [1.82, 2.24) is 20.0 Å². The predicted octanol–water partition coefficient (Wildman–Crippen LogP) is 3.00. The van der Waals surface area contributed by atoms with Crippen molar-refractivity contribution in [3.63, 3.8) is 0 Å². The Kier molecular flexibility index (Phi) is 6.76. The van der Waals surface area contributed by atoms with Crippen LogP contribution >= 0.6 is 0 Å². The number of guanidine groups is 1. The second-order valence-corrected chi connectivity index (χ2v) is 9.32. The van der Waals surface area contributed by atoms with Crippen LogP contribution in [-0.4, -0.2) is 86.1 Å². The van der Waals surface area contributed by atoms with Crippen LogP contribution in [0.1, 0.15) is 50.0 Å². The van der Waals surface area contributed by atoms with Crippen LogP contribution in [0.3, 0.4) is 0 Å². The molecule has 5 nitrogen and oxygen atoms in total. The lowest BCUT2D eigenvalue weighted by Gasteiger charge is -2.50. The van der Waals surface area contributed by atoms with Crippen LogP contribution in [-0.2, 0) is 0 Å². The Balaban J connectivity index is 1.39. The van der Waals surface area contributed by atoms with Crippen molar-refractivity contribution in [2.75, 3.05) is 59.9 Å². The SMILES string of the molecule is CN=C(NCC1(N2CCCCC2)CCN(C)CC1)N1CCC(c2ccccc2)C1. The van der Waals surface area contributed by atoms with Gasteiger partial charge >= 0.3 is 0 Å². The van der Waals surface area contributed by atoms with Crippen LogP contribution in [0.5, 0.6) is 0 Å². The number of likely N-dealkylation sites (tertiary alicyclic amines) is 3. The van der Waals surface area contributed by atoms with Crippen molar-refractivity contribution in [3.05, 3.63) is 35.9 Å². The van der Waals surface area contributed by atoms with Gasteiger partial charge in [0.05, 0.1) is 0 Å². The van der Waals surface area contributed by atoms with Gasteiger partial charge in [-0.3, -0.25) is 9.89 Å². The van der Waals surface area contributed by atoms with Gasteiger partial charge in [-0.25, -0.2) is 0 Å². The number of hydrogen-bond donors (Lipinski definition) is 1. The summed E-state index contributed by atoms with van der Waals surface area (Å²) in [6.07, 6.45) is 7.86. The molecule has 1 atom stereocenters. The first-order chi connectivity index (χ1) is 14.2. The Labute approximate surface area is 177 Å². The largest absolute Gasteiger partial charge is 0.354 e. The van der Waals surface area contributed by atoms with E-state index in [2.05, 4.69) is 62.4 Å². The lowest BCUT2D eigenvalue weighted by molar-refractivity contribution is 0.0170. The zero-order valence-corrected chi connectivity index (χ0v) is 18.4. The molecule has 29 heavy (non-hydrogen) atoms. The fraction of sp³-hybridized carbons (Fsp3) is 0.708. The molecule has 4 rings (SSSR count). The van der Waals surface area contributed by atoms with E-state index in [1.807, 2.05) is 7.05 Å². The molecule has 1 unspecified atom stereocenters. The minimum absolute atomic E-state index is 0.293. The van der Waals surface area contributed by atoms with Gasteiger partial charge in [0.1, 0.15) is 0 Å². The molecule has 0 aromatic heterocycles. The minimum Gasteiger partial charge on any atom is -0.354 e. The standard InChI is InChI=1S/C24H39N5/c1-25-23(28-16-11-22(19-28)21-9-5-3-6-10-21)26-20-24(12-17-27(2)18-13-24)29-14-7-4-8-15-29/h3,5-6,9-10,22H,4,7-8,11-20H2,1-2H3,(H,25,26). The summed E-state index contributed by atoms with van der Waals surface area (Å²) in [7, 11) is 4.21. The normalized spacial score (nSPS) is 26.6. The summed E-state index contributed by atoms with van der Waals surface area (Å²) in [5, 5.41) is 3.82. The number of nitrogens with zero attached hydrogens (tertiary/aromatic N) is 4. The van der Waals surface area contributed by atoms with Gasteiger partial charge in [-0.2, -0.15) is 0 Å². The highest BCUT2D eigenvalue weighted by atomic mass is 15.3. The van der Waals surface area contributed by atoms with E-state index in [0.29, 0.717) is 11.5 Å². The summed E-state index contributed by atoms with van der Waals surface area (Å²) in [6.45, 7) is 8.14. The van der Waals surface area contributed by atoms with Crippen LogP contribution in [0.2, 0.25) is 0 Å². The molecular weight excluding hydrogens is 358 g/mol. The van der Waals surface area contributed by atoms with E-state index < -0.39 is 0 Å². The van der Waals surface area contributed by atoms with Gasteiger partial charge in [0.2, 0.25) is 0 Å². The molecule has 3 saturated heterocycles. The average Bonchev–Trinajstić information content (AvgIpc) is 3.27. The monoisotopic (exact) mass is 397 g/mol.